The summed E-state index contributed by atoms with van der Waals surface area (Å²) in [6.07, 6.45) is 7.68. The Bertz CT molecular complexity index is 770. The molecule has 0 bridgehead atoms. The van der Waals surface area contributed by atoms with Gasteiger partial charge in [0.2, 0.25) is 0 Å². The van der Waals surface area contributed by atoms with E-state index in [0.29, 0.717) is 23.0 Å². The highest BCUT2D eigenvalue weighted by molar-refractivity contribution is 5.97. The van der Waals surface area contributed by atoms with Crippen molar-refractivity contribution in [1.29, 1.82) is 0 Å². The Balaban J connectivity index is 1.48. The van der Waals surface area contributed by atoms with Gasteiger partial charge in [-0.05, 0) is 56.8 Å². The third-order valence-corrected chi connectivity index (χ3v) is 7.68. The number of amides is 1. The Labute approximate surface area is 193 Å². The fourth-order valence-electron chi connectivity index (χ4n) is 5.64. The van der Waals surface area contributed by atoms with E-state index in [1.54, 1.807) is 7.11 Å². The number of hydrogen-bond donors (Lipinski definition) is 0. The third-order valence-electron chi connectivity index (χ3n) is 7.68. The quantitative estimate of drug-likeness (QED) is 0.667. The molecule has 1 amide bonds. The average molecular weight is 444 g/mol. The molecule has 3 fully saturated rings. The average Bonchev–Trinajstić information content (AvgIpc) is 3.34. The summed E-state index contributed by atoms with van der Waals surface area (Å²) >= 11 is 0. The number of benzene rings is 1. The summed E-state index contributed by atoms with van der Waals surface area (Å²) in [5.41, 5.74) is 0.637. The highest BCUT2D eigenvalue weighted by Crippen LogP contribution is 2.32. The van der Waals surface area contributed by atoms with Crippen molar-refractivity contribution in [2.45, 2.75) is 70.6 Å². The first-order valence-corrected chi connectivity index (χ1v) is 12.5. The van der Waals surface area contributed by atoms with Gasteiger partial charge in [-0.2, -0.15) is 0 Å². The number of likely N-dealkylation sites (tertiary alicyclic amines) is 1. The number of methoxy groups -OCH3 is 1. The van der Waals surface area contributed by atoms with Gasteiger partial charge in [-0.25, -0.2) is 0 Å². The van der Waals surface area contributed by atoms with Gasteiger partial charge in [-0.15, -0.1) is 0 Å². The molecule has 3 aliphatic rings. The maximum absolute atomic E-state index is 13.7. The van der Waals surface area contributed by atoms with Crippen molar-refractivity contribution in [3.8, 4) is 11.5 Å². The molecular formula is C26H41N3O3. The second kappa shape index (κ2) is 10.4. The second-order valence-corrected chi connectivity index (χ2v) is 10.2. The van der Waals surface area contributed by atoms with E-state index < -0.39 is 0 Å². The molecule has 2 aliphatic heterocycles. The number of piperazine rings is 1. The summed E-state index contributed by atoms with van der Waals surface area (Å²) in [5, 5.41) is 0. The molecule has 4 rings (SSSR count). The molecule has 0 unspecified atom stereocenters. The van der Waals surface area contributed by atoms with Crippen molar-refractivity contribution in [2.24, 2.45) is 5.92 Å². The van der Waals surface area contributed by atoms with Crippen LogP contribution in [0.5, 0.6) is 11.5 Å². The summed E-state index contributed by atoms with van der Waals surface area (Å²) < 4.78 is 11.9. The summed E-state index contributed by atoms with van der Waals surface area (Å²) in [5.74, 6) is 1.87. The minimum absolute atomic E-state index is 0.0640. The molecule has 1 saturated carbocycles. The molecule has 0 radical (unpaired) electrons. The normalized spacial score (nSPS) is 24.3. The smallest absolute Gasteiger partial charge is 0.258 e. The monoisotopic (exact) mass is 443 g/mol. The number of carbonyl (C=O) groups excluding carboxylic acids is 1. The lowest BCUT2D eigenvalue weighted by molar-refractivity contribution is 0.0390. The van der Waals surface area contributed by atoms with E-state index >= 15 is 0 Å². The van der Waals surface area contributed by atoms with E-state index in [1.807, 2.05) is 18.2 Å². The Morgan fingerprint density at radius 3 is 2.41 bits per heavy atom. The number of carbonyl (C=O) groups is 1. The minimum Gasteiger partial charge on any atom is -0.497 e. The highest BCUT2D eigenvalue weighted by Gasteiger charge is 2.34. The molecule has 1 aromatic rings. The van der Waals surface area contributed by atoms with Crippen molar-refractivity contribution in [3.05, 3.63) is 23.8 Å². The fourth-order valence-corrected chi connectivity index (χ4v) is 5.64. The van der Waals surface area contributed by atoms with Gasteiger partial charge >= 0.3 is 0 Å². The van der Waals surface area contributed by atoms with Crippen LogP contribution in [-0.2, 0) is 0 Å². The Morgan fingerprint density at radius 1 is 1.03 bits per heavy atom. The molecular weight excluding hydrogens is 402 g/mol. The third kappa shape index (κ3) is 5.23. The number of rotatable bonds is 6. The molecule has 0 spiro atoms. The summed E-state index contributed by atoms with van der Waals surface area (Å²) in [6, 6.07) is 6.68. The summed E-state index contributed by atoms with van der Waals surface area (Å²) in [6.45, 7) is 9.15. The number of ether oxygens (including phenoxy) is 2. The standard InChI is InChI=1S/C26H41N3O3/c1-19(2)24-18-27(3)15-16-29(24)26(30)23-17-22(31-4)9-10-25(23)32-21-11-13-28(14-12-21)20-7-5-6-8-20/h9-10,17,19-21,24H,5-8,11-16,18H2,1-4H3/t24-/m1/s1. The van der Waals surface area contributed by atoms with Crippen LogP contribution >= 0.6 is 0 Å². The molecule has 1 atom stereocenters. The van der Waals surface area contributed by atoms with Crippen molar-refractivity contribution in [3.63, 3.8) is 0 Å². The van der Waals surface area contributed by atoms with Gasteiger partial charge in [0.05, 0.1) is 12.7 Å². The van der Waals surface area contributed by atoms with E-state index in [4.69, 9.17) is 9.47 Å². The van der Waals surface area contributed by atoms with Gasteiger partial charge in [0.25, 0.3) is 5.91 Å². The Kier molecular flexibility index (Phi) is 7.62. The number of likely N-dealkylation sites (N-methyl/N-ethyl adjacent to an activating group) is 1. The molecule has 32 heavy (non-hydrogen) atoms. The van der Waals surface area contributed by atoms with E-state index in [9.17, 15) is 4.79 Å². The van der Waals surface area contributed by atoms with E-state index in [-0.39, 0.29) is 18.1 Å². The van der Waals surface area contributed by atoms with Gasteiger partial charge in [-0.1, -0.05) is 26.7 Å². The van der Waals surface area contributed by atoms with E-state index in [0.717, 1.165) is 51.6 Å². The van der Waals surface area contributed by atoms with Crippen molar-refractivity contribution < 1.29 is 14.3 Å². The zero-order valence-corrected chi connectivity index (χ0v) is 20.4. The molecule has 0 aromatic heterocycles. The van der Waals surface area contributed by atoms with Gasteiger partial charge in [0.1, 0.15) is 17.6 Å². The first kappa shape index (κ1) is 23.4. The van der Waals surface area contributed by atoms with Crippen molar-refractivity contribution in [1.82, 2.24) is 14.7 Å². The zero-order chi connectivity index (χ0) is 22.7. The predicted octanol–water partition coefficient (Wildman–Crippen LogP) is 3.89. The fraction of sp³-hybridized carbons (Fsp3) is 0.731. The van der Waals surface area contributed by atoms with Gasteiger partial charge in [-0.3, -0.25) is 4.79 Å². The van der Waals surface area contributed by atoms with Crippen LogP contribution in [0.1, 0.15) is 62.7 Å². The highest BCUT2D eigenvalue weighted by atomic mass is 16.5. The molecule has 1 aliphatic carbocycles. The van der Waals surface area contributed by atoms with Crippen LogP contribution < -0.4 is 9.47 Å². The van der Waals surface area contributed by atoms with Gasteiger partial charge in [0.15, 0.2) is 0 Å². The molecule has 6 heteroatoms. The van der Waals surface area contributed by atoms with Crippen molar-refractivity contribution in [2.75, 3.05) is 46.9 Å². The SMILES string of the molecule is COc1ccc(OC2CCN(C3CCCC3)CC2)c(C(=O)N2CCN(C)C[C@@H]2C(C)C)c1. The van der Waals surface area contributed by atoms with Gasteiger partial charge < -0.3 is 24.2 Å². The molecule has 178 valence electrons. The molecule has 1 aromatic carbocycles. The number of hydrogen-bond acceptors (Lipinski definition) is 5. The minimum atomic E-state index is 0.0640. The lowest BCUT2D eigenvalue weighted by Crippen LogP contribution is -2.56. The van der Waals surface area contributed by atoms with E-state index in [2.05, 4.69) is 35.6 Å². The molecule has 0 N–H and O–H groups in total. The molecule has 6 nitrogen and oxygen atoms in total. The lowest BCUT2D eigenvalue weighted by atomic mass is 9.98. The maximum atomic E-state index is 13.7. The van der Waals surface area contributed by atoms with Crippen LogP contribution in [0.15, 0.2) is 18.2 Å². The molecule has 2 heterocycles. The Hall–Kier alpha value is -1.79. The number of nitrogens with zero attached hydrogens (tertiary/aromatic N) is 3. The number of piperidine rings is 1. The van der Waals surface area contributed by atoms with Gasteiger partial charge in [0, 0.05) is 44.8 Å². The van der Waals surface area contributed by atoms with Crippen molar-refractivity contribution >= 4 is 5.91 Å². The van der Waals surface area contributed by atoms with Crippen LogP contribution in [0.2, 0.25) is 0 Å². The maximum Gasteiger partial charge on any atom is 0.258 e. The molecule has 2 saturated heterocycles. The largest absolute Gasteiger partial charge is 0.497 e. The second-order valence-electron chi connectivity index (χ2n) is 10.2. The van der Waals surface area contributed by atoms with Crippen LogP contribution in [0.3, 0.4) is 0 Å². The van der Waals surface area contributed by atoms with E-state index in [1.165, 1.54) is 25.7 Å². The van der Waals surface area contributed by atoms with Crippen LogP contribution in [0.4, 0.5) is 0 Å². The summed E-state index contributed by atoms with van der Waals surface area (Å²) in [4.78, 5) is 20.8. The first-order chi connectivity index (χ1) is 15.5. The zero-order valence-electron chi connectivity index (χ0n) is 20.4. The summed E-state index contributed by atoms with van der Waals surface area (Å²) in [7, 11) is 3.78. The van der Waals surface area contributed by atoms with Crippen LogP contribution in [-0.4, -0.2) is 85.7 Å². The topological polar surface area (TPSA) is 45.3 Å². The lowest BCUT2D eigenvalue weighted by Gasteiger charge is -2.42. The predicted molar refractivity (Wildman–Crippen MR) is 128 cm³/mol. The Morgan fingerprint density at radius 2 is 1.75 bits per heavy atom. The van der Waals surface area contributed by atoms with Crippen LogP contribution in [0.25, 0.3) is 0 Å². The first-order valence-electron chi connectivity index (χ1n) is 12.5. The van der Waals surface area contributed by atoms with Crippen LogP contribution in [0, 0.1) is 5.92 Å².